The number of nitrogens with zero attached hydrogens (tertiary/aromatic N) is 1. The van der Waals surface area contributed by atoms with Gasteiger partial charge in [-0.25, -0.2) is 0 Å². The first kappa shape index (κ1) is 17.6. The third kappa shape index (κ3) is 7.23. The second-order valence-corrected chi connectivity index (χ2v) is 6.47. The van der Waals surface area contributed by atoms with Crippen molar-refractivity contribution >= 4 is 5.69 Å². The minimum absolute atomic E-state index is 0.156. The summed E-state index contributed by atoms with van der Waals surface area (Å²) in [5, 5.41) is 14.1. The molecule has 21 heavy (non-hydrogen) atoms. The van der Waals surface area contributed by atoms with Crippen LogP contribution in [0.3, 0.4) is 0 Å². The Morgan fingerprint density at radius 2 is 1.86 bits per heavy atom. The van der Waals surface area contributed by atoms with Crippen LogP contribution < -0.4 is 5.32 Å². The van der Waals surface area contributed by atoms with E-state index in [1.807, 2.05) is 12.1 Å². The first-order valence-corrected chi connectivity index (χ1v) is 7.88. The van der Waals surface area contributed by atoms with Crippen LogP contribution in [-0.2, 0) is 6.42 Å². The lowest BCUT2D eigenvalue weighted by atomic mass is 9.87. The molecule has 0 amide bonds. The Morgan fingerprint density at radius 3 is 2.43 bits per heavy atom. The van der Waals surface area contributed by atoms with Crippen molar-refractivity contribution in [2.45, 2.75) is 52.9 Å². The number of nitro benzene ring substituents is 1. The van der Waals surface area contributed by atoms with Crippen molar-refractivity contribution in [3.8, 4) is 0 Å². The second kappa shape index (κ2) is 8.78. The van der Waals surface area contributed by atoms with Gasteiger partial charge in [-0.1, -0.05) is 52.2 Å². The van der Waals surface area contributed by atoms with Crippen molar-refractivity contribution in [1.29, 1.82) is 0 Å². The highest BCUT2D eigenvalue weighted by Gasteiger charge is 2.16. The molecule has 0 aliphatic heterocycles. The highest BCUT2D eigenvalue weighted by atomic mass is 16.6. The van der Waals surface area contributed by atoms with E-state index in [0.717, 1.165) is 25.1 Å². The van der Waals surface area contributed by atoms with Crippen LogP contribution >= 0.6 is 0 Å². The minimum Gasteiger partial charge on any atom is -0.316 e. The fourth-order valence-electron chi connectivity index (χ4n) is 2.39. The topological polar surface area (TPSA) is 55.2 Å². The summed E-state index contributed by atoms with van der Waals surface area (Å²) >= 11 is 0. The molecule has 0 heterocycles. The van der Waals surface area contributed by atoms with Crippen LogP contribution in [0.2, 0.25) is 0 Å². The number of hydrogen-bond donors (Lipinski definition) is 1. The molecule has 0 fully saturated rings. The maximum absolute atomic E-state index is 10.6. The number of rotatable bonds is 10. The predicted molar refractivity (Wildman–Crippen MR) is 87.6 cm³/mol. The summed E-state index contributed by atoms with van der Waals surface area (Å²) in [6, 6.07) is 6.83. The molecule has 1 aromatic carbocycles. The van der Waals surface area contributed by atoms with E-state index in [9.17, 15) is 10.1 Å². The maximum atomic E-state index is 10.6. The average molecular weight is 292 g/mol. The van der Waals surface area contributed by atoms with Crippen molar-refractivity contribution in [2.24, 2.45) is 5.41 Å². The number of non-ortho nitro benzene ring substituents is 1. The van der Waals surface area contributed by atoms with Gasteiger partial charge in [0.1, 0.15) is 0 Å². The van der Waals surface area contributed by atoms with Gasteiger partial charge in [-0.15, -0.1) is 0 Å². The van der Waals surface area contributed by atoms with Gasteiger partial charge in [-0.2, -0.15) is 0 Å². The summed E-state index contributed by atoms with van der Waals surface area (Å²) in [6.07, 6.45) is 6.04. The molecule has 0 spiro atoms. The van der Waals surface area contributed by atoms with Gasteiger partial charge in [0.05, 0.1) is 4.92 Å². The van der Waals surface area contributed by atoms with Crippen LogP contribution in [-0.4, -0.2) is 18.0 Å². The highest BCUT2D eigenvalue weighted by molar-refractivity contribution is 5.32. The number of benzene rings is 1. The minimum atomic E-state index is -0.360. The zero-order chi connectivity index (χ0) is 15.7. The smallest absolute Gasteiger partial charge is 0.269 e. The van der Waals surface area contributed by atoms with Gasteiger partial charge in [0.25, 0.3) is 5.69 Å². The van der Waals surface area contributed by atoms with E-state index in [0.29, 0.717) is 5.41 Å². The Morgan fingerprint density at radius 1 is 1.19 bits per heavy atom. The quantitative estimate of drug-likeness (QED) is 0.396. The molecule has 4 nitrogen and oxygen atoms in total. The zero-order valence-electron chi connectivity index (χ0n) is 13.5. The molecule has 4 heteroatoms. The van der Waals surface area contributed by atoms with Crippen molar-refractivity contribution in [1.82, 2.24) is 5.32 Å². The Labute approximate surface area is 128 Å². The normalized spacial score (nSPS) is 11.6. The molecule has 1 N–H and O–H groups in total. The van der Waals surface area contributed by atoms with Crippen molar-refractivity contribution in [3.63, 3.8) is 0 Å². The van der Waals surface area contributed by atoms with Gasteiger partial charge < -0.3 is 5.32 Å². The van der Waals surface area contributed by atoms with Gasteiger partial charge in [0.15, 0.2) is 0 Å². The number of nitro groups is 1. The summed E-state index contributed by atoms with van der Waals surface area (Å²) in [4.78, 5) is 10.2. The van der Waals surface area contributed by atoms with Crippen LogP contribution in [0.4, 0.5) is 5.69 Å². The summed E-state index contributed by atoms with van der Waals surface area (Å²) < 4.78 is 0. The van der Waals surface area contributed by atoms with Crippen LogP contribution in [0, 0.1) is 15.5 Å². The maximum Gasteiger partial charge on any atom is 0.269 e. The molecule has 0 aromatic heterocycles. The van der Waals surface area contributed by atoms with E-state index < -0.39 is 0 Å². The molecule has 0 atom stereocenters. The number of nitrogens with one attached hydrogen (secondary N) is 1. The molecule has 1 rings (SSSR count). The molecule has 0 bridgehead atoms. The van der Waals surface area contributed by atoms with Crippen molar-refractivity contribution in [3.05, 3.63) is 39.9 Å². The lowest BCUT2D eigenvalue weighted by molar-refractivity contribution is -0.384. The molecule has 0 radical (unpaired) electrons. The Kier molecular flexibility index (Phi) is 7.37. The summed E-state index contributed by atoms with van der Waals surface area (Å²) in [5.74, 6) is 0. The van der Waals surface area contributed by atoms with E-state index in [-0.39, 0.29) is 10.6 Å². The van der Waals surface area contributed by atoms with Gasteiger partial charge in [-0.05, 0) is 30.4 Å². The van der Waals surface area contributed by atoms with E-state index in [4.69, 9.17) is 0 Å². The van der Waals surface area contributed by atoms with E-state index in [2.05, 4.69) is 26.1 Å². The first-order chi connectivity index (χ1) is 9.94. The molecule has 118 valence electrons. The molecule has 0 unspecified atom stereocenters. The molecule has 0 aliphatic rings. The van der Waals surface area contributed by atoms with Crippen molar-refractivity contribution < 1.29 is 4.92 Å². The van der Waals surface area contributed by atoms with Crippen molar-refractivity contribution in [2.75, 3.05) is 13.1 Å². The lowest BCUT2D eigenvalue weighted by Crippen LogP contribution is -2.30. The molecular formula is C17H28N2O2. The largest absolute Gasteiger partial charge is 0.316 e. The second-order valence-electron chi connectivity index (χ2n) is 6.47. The van der Waals surface area contributed by atoms with E-state index in [1.54, 1.807) is 12.1 Å². The first-order valence-electron chi connectivity index (χ1n) is 7.88. The van der Waals surface area contributed by atoms with Crippen LogP contribution in [0.5, 0.6) is 0 Å². The Bertz CT molecular complexity index is 427. The zero-order valence-corrected chi connectivity index (χ0v) is 13.5. The molecule has 0 saturated heterocycles. The summed E-state index contributed by atoms with van der Waals surface area (Å²) in [6.45, 7) is 8.78. The molecule has 0 aliphatic carbocycles. The third-order valence-corrected chi connectivity index (χ3v) is 3.80. The van der Waals surface area contributed by atoms with Gasteiger partial charge in [0, 0.05) is 18.7 Å². The summed E-state index contributed by atoms with van der Waals surface area (Å²) in [5.41, 5.74) is 1.63. The standard InChI is InChI=1S/C17H28N2O2/c1-4-5-6-12-17(2,3)14-18-13-11-15-7-9-16(10-8-15)19(20)21/h7-10,18H,4-6,11-14H2,1-3H3. The molecule has 1 aromatic rings. The van der Waals surface area contributed by atoms with Gasteiger partial charge in [0.2, 0.25) is 0 Å². The van der Waals surface area contributed by atoms with E-state index >= 15 is 0 Å². The fraction of sp³-hybridized carbons (Fsp3) is 0.647. The Hall–Kier alpha value is -1.42. The monoisotopic (exact) mass is 292 g/mol. The fourth-order valence-corrected chi connectivity index (χ4v) is 2.39. The van der Waals surface area contributed by atoms with Gasteiger partial charge >= 0.3 is 0 Å². The molecular weight excluding hydrogens is 264 g/mol. The Balaban J connectivity index is 2.25. The lowest BCUT2D eigenvalue weighted by Gasteiger charge is -2.25. The van der Waals surface area contributed by atoms with Crippen LogP contribution in [0.1, 0.15) is 52.0 Å². The SMILES string of the molecule is CCCCCC(C)(C)CNCCc1ccc([N+](=O)[O-])cc1. The summed E-state index contributed by atoms with van der Waals surface area (Å²) in [7, 11) is 0. The molecule has 0 saturated carbocycles. The van der Waals surface area contributed by atoms with Crippen LogP contribution in [0.15, 0.2) is 24.3 Å². The average Bonchev–Trinajstić information content (AvgIpc) is 2.44. The van der Waals surface area contributed by atoms with E-state index in [1.165, 1.54) is 25.7 Å². The third-order valence-electron chi connectivity index (χ3n) is 3.80. The number of hydrogen-bond acceptors (Lipinski definition) is 3. The number of unbranched alkanes of at least 4 members (excludes halogenated alkanes) is 2. The van der Waals surface area contributed by atoms with Crippen LogP contribution in [0.25, 0.3) is 0 Å². The predicted octanol–water partition coefficient (Wildman–Crippen LogP) is 4.33. The highest BCUT2D eigenvalue weighted by Crippen LogP contribution is 2.22. The van der Waals surface area contributed by atoms with Gasteiger partial charge in [-0.3, -0.25) is 10.1 Å².